The summed E-state index contributed by atoms with van der Waals surface area (Å²) in [6, 6.07) is 6.93. The van der Waals surface area contributed by atoms with E-state index in [2.05, 4.69) is 26.8 Å². The predicted octanol–water partition coefficient (Wildman–Crippen LogP) is 2.90. The maximum atomic E-state index is 12.2. The van der Waals surface area contributed by atoms with E-state index in [-0.39, 0.29) is 5.91 Å². The maximum absolute atomic E-state index is 12.2. The molecule has 0 fully saturated rings. The fourth-order valence-electron chi connectivity index (χ4n) is 1.82. The molecule has 0 aliphatic carbocycles. The zero-order valence-electron chi connectivity index (χ0n) is 11.4. The Labute approximate surface area is 134 Å². The number of hydrazine groups is 1. The average Bonchev–Trinajstić information content (AvgIpc) is 2.97. The molecule has 110 valence electrons. The summed E-state index contributed by atoms with van der Waals surface area (Å²) >= 11 is 4.63. The van der Waals surface area contributed by atoms with Crippen LogP contribution in [0.25, 0.3) is 0 Å². The van der Waals surface area contributed by atoms with E-state index in [4.69, 9.17) is 4.74 Å². The van der Waals surface area contributed by atoms with Gasteiger partial charge in [0.2, 0.25) is 0 Å². The Balaban J connectivity index is 2.12. The number of thiophene rings is 1. The second-order valence-electron chi connectivity index (χ2n) is 4.19. The van der Waals surface area contributed by atoms with Gasteiger partial charge >= 0.3 is 0 Å². The lowest BCUT2D eigenvalue weighted by Crippen LogP contribution is -2.41. The SMILES string of the molecule is COc1c(C)cc(Br)cc1C(=O)NNC(=O)c1cccs1. The van der Waals surface area contributed by atoms with Crippen LogP contribution in [0.5, 0.6) is 5.75 Å². The number of carbonyl (C=O) groups is 2. The Hall–Kier alpha value is -1.86. The van der Waals surface area contributed by atoms with Gasteiger partial charge in [0.05, 0.1) is 17.6 Å². The van der Waals surface area contributed by atoms with Crippen LogP contribution in [0.1, 0.15) is 25.6 Å². The number of hydrogen-bond acceptors (Lipinski definition) is 4. The second-order valence-corrected chi connectivity index (χ2v) is 6.05. The highest BCUT2D eigenvalue weighted by Crippen LogP contribution is 2.27. The van der Waals surface area contributed by atoms with Crippen molar-refractivity contribution in [1.82, 2.24) is 10.9 Å². The quantitative estimate of drug-likeness (QED) is 0.818. The Kier molecular flexibility index (Phi) is 4.98. The molecule has 0 aliphatic rings. The number of halogens is 1. The van der Waals surface area contributed by atoms with E-state index in [0.717, 1.165) is 10.0 Å². The van der Waals surface area contributed by atoms with Gasteiger partial charge < -0.3 is 4.74 Å². The first-order valence-corrected chi connectivity index (χ1v) is 7.68. The minimum atomic E-state index is -0.443. The molecule has 1 aromatic heterocycles. The van der Waals surface area contributed by atoms with Crippen molar-refractivity contribution in [2.24, 2.45) is 0 Å². The lowest BCUT2D eigenvalue weighted by atomic mass is 10.1. The summed E-state index contributed by atoms with van der Waals surface area (Å²) in [4.78, 5) is 24.5. The normalized spacial score (nSPS) is 10.0. The van der Waals surface area contributed by atoms with Gasteiger partial charge in [-0.25, -0.2) is 0 Å². The first-order chi connectivity index (χ1) is 10.0. The van der Waals surface area contributed by atoms with E-state index in [0.29, 0.717) is 16.2 Å². The summed E-state index contributed by atoms with van der Waals surface area (Å²) in [5.41, 5.74) is 5.92. The van der Waals surface area contributed by atoms with Crippen molar-refractivity contribution in [3.05, 3.63) is 50.1 Å². The van der Waals surface area contributed by atoms with Crippen LogP contribution in [0.15, 0.2) is 34.1 Å². The van der Waals surface area contributed by atoms with E-state index in [1.54, 1.807) is 23.6 Å². The Morgan fingerprint density at radius 2 is 1.95 bits per heavy atom. The zero-order chi connectivity index (χ0) is 15.4. The fraction of sp³-hybridized carbons (Fsp3) is 0.143. The number of ether oxygens (including phenoxy) is 1. The van der Waals surface area contributed by atoms with E-state index in [1.807, 2.05) is 13.0 Å². The molecular formula is C14H13BrN2O3S. The number of carbonyl (C=O) groups excluding carboxylic acids is 2. The molecule has 7 heteroatoms. The zero-order valence-corrected chi connectivity index (χ0v) is 13.8. The van der Waals surface area contributed by atoms with Gasteiger partial charge in [0.15, 0.2) is 0 Å². The van der Waals surface area contributed by atoms with Crippen molar-refractivity contribution in [1.29, 1.82) is 0 Å². The highest BCUT2D eigenvalue weighted by molar-refractivity contribution is 9.10. The molecule has 0 radical (unpaired) electrons. The van der Waals surface area contributed by atoms with Gasteiger partial charge in [-0.2, -0.15) is 0 Å². The highest BCUT2D eigenvalue weighted by Gasteiger charge is 2.16. The van der Waals surface area contributed by atoms with Crippen LogP contribution in [-0.4, -0.2) is 18.9 Å². The number of nitrogens with one attached hydrogen (secondary N) is 2. The van der Waals surface area contributed by atoms with Gasteiger partial charge in [0.25, 0.3) is 11.8 Å². The van der Waals surface area contributed by atoms with Crippen LogP contribution in [0.4, 0.5) is 0 Å². The Morgan fingerprint density at radius 3 is 2.57 bits per heavy atom. The van der Waals surface area contributed by atoms with Crippen LogP contribution < -0.4 is 15.6 Å². The van der Waals surface area contributed by atoms with Crippen molar-refractivity contribution < 1.29 is 14.3 Å². The second kappa shape index (κ2) is 6.73. The predicted molar refractivity (Wildman–Crippen MR) is 84.7 cm³/mol. The van der Waals surface area contributed by atoms with Gasteiger partial charge in [0.1, 0.15) is 5.75 Å². The third kappa shape index (κ3) is 3.62. The van der Waals surface area contributed by atoms with Crippen LogP contribution in [-0.2, 0) is 0 Å². The van der Waals surface area contributed by atoms with Crippen LogP contribution in [0.2, 0.25) is 0 Å². The molecule has 0 bridgehead atoms. The largest absolute Gasteiger partial charge is 0.496 e. The monoisotopic (exact) mass is 368 g/mol. The summed E-state index contributed by atoms with van der Waals surface area (Å²) in [6.45, 7) is 1.84. The van der Waals surface area contributed by atoms with Gasteiger partial charge in [-0.15, -0.1) is 11.3 Å². The lowest BCUT2D eigenvalue weighted by Gasteiger charge is -2.12. The Bertz CT molecular complexity index is 671. The molecule has 0 saturated carbocycles. The molecule has 0 spiro atoms. The molecular weight excluding hydrogens is 356 g/mol. The average molecular weight is 369 g/mol. The van der Waals surface area contributed by atoms with Crippen LogP contribution >= 0.6 is 27.3 Å². The molecule has 2 rings (SSSR count). The summed E-state index contributed by atoms with van der Waals surface area (Å²) in [6.07, 6.45) is 0. The van der Waals surface area contributed by atoms with E-state index < -0.39 is 5.91 Å². The third-order valence-electron chi connectivity index (χ3n) is 2.72. The summed E-state index contributed by atoms with van der Waals surface area (Å²) in [7, 11) is 1.50. The van der Waals surface area contributed by atoms with Gasteiger partial charge in [0, 0.05) is 4.47 Å². The van der Waals surface area contributed by atoms with Crippen LogP contribution in [0, 0.1) is 6.92 Å². The number of benzene rings is 1. The summed E-state index contributed by atoms with van der Waals surface area (Å²) in [5, 5.41) is 1.79. The van der Waals surface area contributed by atoms with Gasteiger partial charge in [-0.05, 0) is 36.1 Å². The molecule has 21 heavy (non-hydrogen) atoms. The molecule has 5 nitrogen and oxygen atoms in total. The minimum Gasteiger partial charge on any atom is -0.496 e. The van der Waals surface area contributed by atoms with Crippen molar-refractivity contribution in [2.75, 3.05) is 7.11 Å². The van der Waals surface area contributed by atoms with E-state index in [1.165, 1.54) is 18.4 Å². The fourth-order valence-corrected chi connectivity index (χ4v) is 3.01. The number of amides is 2. The third-order valence-corrected chi connectivity index (χ3v) is 4.05. The topological polar surface area (TPSA) is 67.4 Å². The molecule has 2 N–H and O–H groups in total. The number of methoxy groups -OCH3 is 1. The van der Waals surface area contributed by atoms with Crippen molar-refractivity contribution in [2.45, 2.75) is 6.92 Å². The molecule has 0 saturated heterocycles. The van der Waals surface area contributed by atoms with Crippen molar-refractivity contribution in [3.8, 4) is 5.75 Å². The highest BCUT2D eigenvalue weighted by atomic mass is 79.9. The molecule has 0 unspecified atom stereocenters. The maximum Gasteiger partial charge on any atom is 0.279 e. The molecule has 2 amide bonds. The van der Waals surface area contributed by atoms with E-state index >= 15 is 0 Å². The van der Waals surface area contributed by atoms with Gasteiger partial charge in [-0.3, -0.25) is 20.4 Å². The number of rotatable bonds is 3. The number of hydrogen-bond donors (Lipinski definition) is 2. The first-order valence-electron chi connectivity index (χ1n) is 6.01. The summed E-state index contributed by atoms with van der Waals surface area (Å²) in [5.74, 6) is -0.328. The van der Waals surface area contributed by atoms with Crippen molar-refractivity contribution in [3.63, 3.8) is 0 Å². The smallest absolute Gasteiger partial charge is 0.279 e. The molecule has 0 atom stereocenters. The molecule has 1 aromatic carbocycles. The lowest BCUT2D eigenvalue weighted by molar-refractivity contribution is 0.0847. The van der Waals surface area contributed by atoms with E-state index in [9.17, 15) is 9.59 Å². The standard InChI is InChI=1S/C14H13BrN2O3S/c1-8-6-9(15)7-10(12(8)20-2)13(18)16-17-14(19)11-4-3-5-21-11/h3-7H,1-2H3,(H,16,18)(H,17,19). The van der Waals surface area contributed by atoms with Gasteiger partial charge in [-0.1, -0.05) is 22.0 Å². The number of aryl methyl sites for hydroxylation is 1. The molecule has 0 aliphatic heterocycles. The van der Waals surface area contributed by atoms with Crippen LogP contribution in [0.3, 0.4) is 0 Å². The summed E-state index contributed by atoms with van der Waals surface area (Å²) < 4.78 is 6.00. The van der Waals surface area contributed by atoms with Crippen molar-refractivity contribution >= 4 is 39.1 Å². The molecule has 2 aromatic rings. The first kappa shape index (κ1) is 15.5. The molecule has 1 heterocycles. The minimum absolute atomic E-state index is 0.343. The Morgan fingerprint density at radius 1 is 1.24 bits per heavy atom.